The molecule has 0 saturated carbocycles. The van der Waals surface area contributed by atoms with Gasteiger partial charge in [0.15, 0.2) is 0 Å². The van der Waals surface area contributed by atoms with Crippen molar-refractivity contribution in [2.75, 3.05) is 19.0 Å². The number of nitrogens with zero attached hydrogens (tertiary/aromatic N) is 3. The van der Waals surface area contributed by atoms with Crippen molar-refractivity contribution in [3.05, 3.63) is 0 Å². The van der Waals surface area contributed by atoms with E-state index < -0.39 is 0 Å². The van der Waals surface area contributed by atoms with Gasteiger partial charge in [0.1, 0.15) is 5.84 Å². The molecule has 0 aromatic carbocycles. The van der Waals surface area contributed by atoms with Gasteiger partial charge in [-0.15, -0.1) is 11.6 Å². The van der Waals surface area contributed by atoms with E-state index >= 15 is 0 Å². The van der Waals surface area contributed by atoms with Crippen LogP contribution in [0.15, 0.2) is 4.99 Å². The molecule has 62 valence electrons. The first-order valence-electron chi connectivity index (χ1n) is 3.56. The molecular weight excluding hydrogens is 162 g/mol. The van der Waals surface area contributed by atoms with E-state index in [1.807, 2.05) is 18.7 Å². The van der Waals surface area contributed by atoms with Crippen molar-refractivity contribution >= 4 is 17.4 Å². The molecule has 0 amide bonds. The van der Waals surface area contributed by atoms with Crippen molar-refractivity contribution in [1.29, 1.82) is 5.26 Å². The summed E-state index contributed by atoms with van der Waals surface area (Å²) in [5.41, 5.74) is 0. The summed E-state index contributed by atoms with van der Waals surface area (Å²) in [6.07, 6.45) is 1.73. The Bertz CT molecular complexity index is 167. The topological polar surface area (TPSA) is 39.4 Å². The van der Waals surface area contributed by atoms with Crippen molar-refractivity contribution in [2.45, 2.75) is 13.8 Å². The fraction of sp³-hybridized carbons (Fsp3) is 0.714. The lowest BCUT2D eigenvalue weighted by molar-refractivity contribution is 0.464. The van der Waals surface area contributed by atoms with Gasteiger partial charge in [-0.2, -0.15) is 10.3 Å². The van der Waals surface area contributed by atoms with Gasteiger partial charge in [-0.1, -0.05) is 0 Å². The number of halogens is 1. The van der Waals surface area contributed by atoms with Gasteiger partial charge in [0.2, 0.25) is 6.19 Å². The van der Waals surface area contributed by atoms with Crippen molar-refractivity contribution in [1.82, 2.24) is 4.90 Å². The summed E-state index contributed by atoms with van der Waals surface area (Å²) in [5.74, 6) is 0.953. The quantitative estimate of drug-likeness (QED) is 0.281. The Morgan fingerprint density at radius 1 is 1.55 bits per heavy atom. The van der Waals surface area contributed by atoms with Gasteiger partial charge in [0, 0.05) is 13.1 Å². The summed E-state index contributed by atoms with van der Waals surface area (Å²) in [4.78, 5) is 5.56. The Morgan fingerprint density at radius 3 is 2.36 bits per heavy atom. The van der Waals surface area contributed by atoms with Crippen LogP contribution in [0.5, 0.6) is 0 Å². The molecule has 0 aliphatic rings. The standard InChI is InChI=1S/C7H12ClN3/c1-3-11(4-2)7(5-8)10-6-9/h3-5H2,1-2H3. The highest BCUT2D eigenvalue weighted by molar-refractivity contribution is 6.28. The van der Waals surface area contributed by atoms with Gasteiger partial charge in [0.25, 0.3) is 0 Å². The summed E-state index contributed by atoms with van der Waals surface area (Å²) in [5, 5.41) is 8.28. The van der Waals surface area contributed by atoms with E-state index in [9.17, 15) is 0 Å². The number of aliphatic imine (C=N–C) groups is 1. The molecule has 11 heavy (non-hydrogen) atoms. The number of hydrogen-bond donors (Lipinski definition) is 0. The van der Waals surface area contributed by atoms with E-state index in [0.29, 0.717) is 11.7 Å². The van der Waals surface area contributed by atoms with Crippen LogP contribution in [0, 0.1) is 11.5 Å². The molecule has 0 bridgehead atoms. The lowest BCUT2D eigenvalue weighted by atomic mass is 10.5. The van der Waals surface area contributed by atoms with Crippen LogP contribution in [-0.4, -0.2) is 29.7 Å². The molecule has 0 N–H and O–H groups in total. The number of rotatable bonds is 3. The molecule has 0 aromatic rings. The average molecular weight is 174 g/mol. The van der Waals surface area contributed by atoms with E-state index in [-0.39, 0.29) is 0 Å². The second-order valence-electron chi connectivity index (χ2n) is 1.93. The maximum absolute atomic E-state index is 8.28. The lowest BCUT2D eigenvalue weighted by Gasteiger charge is -2.19. The summed E-state index contributed by atoms with van der Waals surface area (Å²) < 4.78 is 0. The number of hydrogen-bond acceptors (Lipinski definition) is 2. The fourth-order valence-electron chi connectivity index (χ4n) is 0.831. The smallest absolute Gasteiger partial charge is 0.207 e. The predicted molar refractivity (Wildman–Crippen MR) is 46.7 cm³/mol. The lowest BCUT2D eigenvalue weighted by Crippen LogP contribution is -2.31. The molecular formula is C7H12ClN3. The summed E-state index contributed by atoms with van der Waals surface area (Å²) >= 11 is 5.58. The van der Waals surface area contributed by atoms with Gasteiger partial charge in [-0.3, -0.25) is 0 Å². The van der Waals surface area contributed by atoms with Crippen LogP contribution in [0.25, 0.3) is 0 Å². The van der Waals surface area contributed by atoms with Crippen molar-refractivity contribution in [3.63, 3.8) is 0 Å². The molecule has 3 nitrogen and oxygen atoms in total. The third-order valence-corrected chi connectivity index (χ3v) is 1.67. The van der Waals surface area contributed by atoms with Crippen LogP contribution < -0.4 is 0 Å². The van der Waals surface area contributed by atoms with Gasteiger partial charge in [-0.05, 0) is 13.8 Å². The first-order valence-corrected chi connectivity index (χ1v) is 4.10. The van der Waals surface area contributed by atoms with Crippen molar-refractivity contribution in [2.24, 2.45) is 4.99 Å². The van der Waals surface area contributed by atoms with Crippen LogP contribution in [-0.2, 0) is 0 Å². The Kier molecular flexibility index (Phi) is 5.58. The zero-order valence-electron chi connectivity index (χ0n) is 6.84. The van der Waals surface area contributed by atoms with Gasteiger partial charge < -0.3 is 4.90 Å². The number of nitriles is 1. The Hall–Kier alpha value is -0.750. The predicted octanol–water partition coefficient (Wildman–Crippen LogP) is 1.45. The molecule has 0 spiro atoms. The Morgan fingerprint density at radius 2 is 2.09 bits per heavy atom. The number of alkyl halides is 1. The molecule has 4 heteroatoms. The van der Waals surface area contributed by atoms with E-state index in [1.54, 1.807) is 6.19 Å². The van der Waals surface area contributed by atoms with Gasteiger partial charge in [-0.25, -0.2) is 0 Å². The second-order valence-corrected chi connectivity index (χ2v) is 2.20. The molecule has 0 saturated heterocycles. The molecule has 0 aliphatic carbocycles. The molecule has 0 fully saturated rings. The van der Waals surface area contributed by atoms with E-state index in [2.05, 4.69) is 4.99 Å². The SMILES string of the molecule is CCN(CC)C(CCl)=NC#N. The van der Waals surface area contributed by atoms with Crippen molar-refractivity contribution < 1.29 is 0 Å². The minimum Gasteiger partial charge on any atom is -0.359 e. The fourth-order valence-corrected chi connectivity index (χ4v) is 1.06. The molecule has 0 radical (unpaired) electrons. The third-order valence-electron chi connectivity index (χ3n) is 1.43. The zero-order valence-corrected chi connectivity index (χ0v) is 7.60. The van der Waals surface area contributed by atoms with E-state index in [4.69, 9.17) is 16.9 Å². The minimum absolute atomic E-state index is 0.301. The van der Waals surface area contributed by atoms with Gasteiger partial charge in [0.05, 0.1) is 5.88 Å². The molecule has 0 aromatic heterocycles. The molecule has 0 heterocycles. The highest BCUT2D eigenvalue weighted by atomic mass is 35.5. The molecule has 0 unspecified atom stereocenters. The van der Waals surface area contributed by atoms with Crippen LogP contribution in [0.2, 0.25) is 0 Å². The average Bonchev–Trinajstić information content (AvgIpc) is 2.05. The third kappa shape index (κ3) is 3.24. The minimum atomic E-state index is 0.301. The van der Waals surface area contributed by atoms with Gasteiger partial charge >= 0.3 is 0 Å². The Balaban J connectivity index is 4.24. The highest BCUT2D eigenvalue weighted by Crippen LogP contribution is 1.93. The molecule has 0 rings (SSSR count). The maximum Gasteiger partial charge on any atom is 0.207 e. The summed E-state index contributed by atoms with van der Waals surface area (Å²) in [6, 6.07) is 0. The summed E-state index contributed by atoms with van der Waals surface area (Å²) in [6.45, 7) is 5.68. The normalized spacial score (nSPS) is 10.9. The maximum atomic E-state index is 8.28. The van der Waals surface area contributed by atoms with Crippen LogP contribution in [0.1, 0.15) is 13.8 Å². The van der Waals surface area contributed by atoms with Crippen LogP contribution >= 0.6 is 11.6 Å². The molecule has 0 aliphatic heterocycles. The monoisotopic (exact) mass is 173 g/mol. The molecule has 0 atom stereocenters. The first kappa shape index (κ1) is 10.2. The largest absolute Gasteiger partial charge is 0.359 e. The van der Waals surface area contributed by atoms with Crippen molar-refractivity contribution in [3.8, 4) is 6.19 Å². The second kappa shape index (κ2) is 5.99. The van der Waals surface area contributed by atoms with E-state index in [0.717, 1.165) is 13.1 Å². The first-order chi connectivity index (χ1) is 5.29. The highest BCUT2D eigenvalue weighted by Gasteiger charge is 2.04. The van der Waals surface area contributed by atoms with E-state index in [1.165, 1.54) is 0 Å². The Labute approximate surface area is 72.3 Å². The van der Waals surface area contributed by atoms with Crippen LogP contribution in [0.3, 0.4) is 0 Å². The summed E-state index contributed by atoms with van der Waals surface area (Å²) in [7, 11) is 0. The number of amidine groups is 1. The zero-order chi connectivity index (χ0) is 8.69. The van der Waals surface area contributed by atoms with Crippen LogP contribution in [0.4, 0.5) is 0 Å².